The summed E-state index contributed by atoms with van der Waals surface area (Å²) in [5, 5.41) is 0. The molecule has 0 unspecified atom stereocenters. The van der Waals surface area contributed by atoms with Crippen LogP contribution >= 0.6 is 0 Å². The van der Waals surface area contributed by atoms with E-state index >= 15 is 0 Å². The van der Waals surface area contributed by atoms with Gasteiger partial charge >= 0.3 is 5.97 Å². The zero-order valence-electron chi connectivity index (χ0n) is 23.6. The molecule has 0 aromatic carbocycles. The van der Waals surface area contributed by atoms with Gasteiger partial charge in [-0.3, -0.25) is 4.79 Å². The first-order valence-electron chi connectivity index (χ1n) is 14.7. The number of methoxy groups -OCH3 is 1. The predicted molar refractivity (Wildman–Crippen MR) is 137 cm³/mol. The highest BCUT2D eigenvalue weighted by atomic mass is 16.6. The van der Waals surface area contributed by atoms with Crippen molar-refractivity contribution >= 4 is 5.97 Å². The van der Waals surface area contributed by atoms with Gasteiger partial charge in [-0.25, -0.2) is 0 Å². The molecule has 6 aliphatic rings. The van der Waals surface area contributed by atoms with Crippen LogP contribution in [0, 0.1) is 51.8 Å². The Morgan fingerprint density at radius 3 is 2.34 bits per heavy atom. The van der Waals surface area contributed by atoms with Crippen molar-refractivity contribution in [3.05, 3.63) is 0 Å². The lowest BCUT2D eigenvalue weighted by Gasteiger charge is -2.61. The van der Waals surface area contributed by atoms with E-state index in [2.05, 4.69) is 41.5 Å². The van der Waals surface area contributed by atoms with E-state index < -0.39 is 0 Å². The van der Waals surface area contributed by atoms with E-state index in [4.69, 9.17) is 14.2 Å². The third kappa shape index (κ3) is 3.14. The molecule has 4 nitrogen and oxygen atoms in total. The maximum atomic E-state index is 12.2. The van der Waals surface area contributed by atoms with Crippen LogP contribution in [-0.2, 0) is 19.0 Å². The second-order valence-electron chi connectivity index (χ2n) is 15.0. The number of hydrogen-bond acceptors (Lipinski definition) is 4. The molecule has 1 spiro atoms. The lowest BCUT2D eigenvalue weighted by Crippen LogP contribution is -2.57. The molecule has 5 saturated carbocycles. The summed E-state index contributed by atoms with van der Waals surface area (Å²) in [5.74, 6) is 4.18. The van der Waals surface area contributed by atoms with E-state index in [1.54, 1.807) is 6.92 Å². The Labute approximate surface area is 213 Å². The third-order valence-corrected chi connectivity index (χ3v) is 13.7. The van der Waals surface area contributed by atoms with Gasteiger partial charge in [0.15, 0.2) is 0 Å². The van der Waals surface area contributed by atoms with Crippen molar-refractivity contribution in [1.29, 1.82) is 0 Å². The van der Waals surface area contributed by atoms with E-state index in [1.807, 2.05) is 7.11 Å². The van der Waals surface area contributed by atoms with Crippen molar-refractivity contribution in [3.63, 3.8) is 0 Å². The molecule has 198 valence electrons. The summed E-state index contributed by atoms with van der Waals surface area (Å²) in [5.41, 5.74) is 0.987. The average molecular weight is 487 g/mol. The molecule has 6 fully saturated rings. The van der Waals surface area contributed by atoms with Crippen molar-refractivity contribution in [3.8, 4) is 0 Å². The van der Waals surface area contributed by atoms with E-state index in [1.165, 1.54) is 51.4 Å². The third-order valence-electron chi connectivity index (χ3n) is 13.7. The zero-order valence-corrected chi connectivity index (χ0v) is 23.6. The molecule has 5 aliphatic carbocycles. The van der Waals surface area contributed by atoms with Crippen LogP contribution in [0.5, 0.6) is 0 Å². The van der Waals surface area contributed by atoms with Crippen molar-refractivity contribution in [2.24, 2.45) is 51.8 Å². The van der Waals surface area contributed by atoms with Crippen LogP contribution in [0.4, 0.5) is 0 Å². The summed E-state index contributed by atoms with van der Waals surface area (Å²) in [6.45, 7) is 15.7. The SMILES string of the molecule is CO[C@@H]1C[C@H]2[C@@H]3CC[C@H]([C@H](C)[C@H](C[C@]4(C)OC4(C)C)OC(C)=O)[C@@]3(C)CC[C@@H]2[C@@]2(C)CC[C@H]3C[C@]312. The quantitative estimate of drug-likeness (QED) is 0.306. The number of carbonyl (C=O) groups excluding carboxylic acids is 1. The standard InChI is InChI=1S/C31H50O4/c1-18(25(34-19(2)32)17-30(7)27(3,4)35-30)22-9-10-23-21-15-26(33-8)31-16-20(31)11-14-29(31,6)24(21)12-13-28(22,23)5/h18,20-26H,9-17H2,1-8H3/t18-,20-,21-,22+,23-,24-,25-,26+,28+,29+,30-,31-/m0/s1. The van der Waals surface area contributed by atoms with E-state index in [9.17, 15) is 4.79 Å². The van der Waals surface area contributed by atoms with E-state index in [0.717, 1.165) is 30.1 Å². The summed E-state index contributed by atoms with van der Waals surface area (Å²) in [6, 6.07) is 0. The molecular weight excluding hydrogens is 436 g/mol. The molecule has 0 N–H and O–H groups in total. The first-order chi connectivity index (χ1) is 16.3. The number of fused-ring (bicyclic) bond motifs is 4. The Balaban J connectivity index is 1.25. The molecule has 6 rings (SSSR count). The van der Waals surface area contributed by atoms with Crippen molar-refractivity contribution in [2.45, 2.75) is 130 Å². The second-order valence-corrected chi connectivity index (χ2v) is 15.0. The molecule has 1 saturated heterocycles. The number of carbonyl (C=O) groups is 1. The number of rotatable bonds is 6. The number of ether oxygens (including phenoxy) is 3. The highest BCUT2D eigenvalue weighted by Gasteiger charge is 2.77. The molecule has 0 radical (unpaired) electrons. The summed E-state index contributed by atoms with van der Waals surface area (Å²) in [4.78, 5) is 12.2. The van der Waals surface area contributed by atoms with Gasteiger partial charge in [-0.1, -0.05) is 20.8 Å². The number of hydrogen-bond donors (Lipinski definition) is 0. The van der Waals surface area contributed by atoms with Crippen molar-refractivity contribution < 1.29 is 19.0 Å². The summed E-state index contributed by atoms with van der Waals surface area (Å²) < 4.78 is 18.5. The molecule has 12 atom stereocenters. The van der Waals surface area contributed by atoms with Crippen LogP contribution in [-0.4, -0.2) is 36.5 Å². The Hall–Kier alpha value is -0.610. The van der Waals surface area contributed by atoms with Gasteiger partial charge in [0.05, 0.1) is 17.3 Å². The smallest absolute Gasteiger partial charge is 0.302 e. The lowest BCUT2D eigenvalue weighted by atomic mass is 9.45. The maximum absolute atomic E-state index is 12.2. The van der Waals surface area contributed by atoms with Gasteiger partial charge in [0.1, 0.15) is 6.10 Å². The molecule has 0 amide bonds. The molecule has 4 heteroatoms. The van der Waals surface area contributed by atoms with Gasteiger partial charge < -0.3 is 14.2 Å². The maximum Gasteiger partial charge on any atom is 0.302 e. The van der Waals surface area contributed by atoms with Gasteiger partial charge in [-0.15, -0.1) is 0 Å². The predicted octanol–water partition coefficient (Wildman–Crippen LogP) is 6.80. The normalized spacial score (nSPS) is 54.6. The van der Waals surface area contributed by atoms with E-state index in [0.29, 0.717) is 34.2 Å². The highest BCUT2D eigenvalue weighted by molar-refractivity contribution is 5.66. The van der Waals surface area contributed by atoms with E-state index in [-0.39, 0.29) is 23.3 Å². The lowest BCUT2D eigenvalue weighted by molar-refractivity contribution is -0.166. The average Bonchev–Trinajstić information content (AvgIpc) is 3.50. The zero-order chi connectivity index (χ0) is 25.2. The van der Waals surface area contributed by atoms with Gasteiger partial charge in [0.2, 0.25) is 0 Å². The Morgan fingerprint density at radius 1 is 1.03 bits per heavy atom. The van der Waals surface area contributed by atoms with Crippen LogP contribution in [0.3, 0.4) is 0 Å². The number of epoxide rings is 1. The van der Waals surface area contributed by atoms with Crippen LogP contribution in [0.1, 0.15) is 106 Å². The van der Waals surface area contributed by atoms with Crippen LogP contribution < -0.4 is 0 Å². The minimum Gasteiger partial charge on any atom is -0.462 e. The molecule has 1 aliphatic heterocycles. The van der Waals surface area contributed by atoms with Crippen molar-refractivity contribution in [2.75, 3.05) is 7.11 Å². The highest BCUT2D eigenvalue weighted by Crippen LogP contribution is 2.82. The Morgan fingerprint density at radius 2 is 1.74 bits per heavy atom. The minimum atomic E-state index is -0.195. The number of esters is 1. The van der Waals surface area contributed by atoms with Gasteiger partial charge in [-0.05, 0) is 118 Å². The van der Waals surface area contributed by atoms with Crippen molar-refractivity contribution in [1.82, 2.24) is 0 Å². The van der Waals surface area contributed by atoms with Crippen LogP contribution in [0.15, 0.2) is 0 Å². The first-order valence-corrected chi connectivity index (χ1v) is 14.7. The fraction of sp³-hybridized carbons (Fsp3) is 0.968. The molecular formula is C31H50O4. The van der Waals surface area contributed by atoms with Gasteiger partial charge in [0, 0.05) is 25.9 Å². The minimum absolute atomic E-state index is 0.0708. The topological polar surface area (TPSA) is 48.1 Å². The molecule has 0 aromatic rings. The largest absolute Gasteiger partial charge is 0.462 e. The molecule has 35 heavy (non-hydrogen) atoms. The Bertz CT molecular complexity index is 898. The van der Waals surface area contributed by atoms with Crippen LogP contribution in [0.2, 0.25) is 0 Å². The van der Waals surface area contributed by atoms with Gasteiger partial charge in [-0.2, -0.15) is 0 Å². The molecule has 0 aromatic heterocycles. The summed E-state index contributed by atoms with van der Waals surface area (Å²) >= 11 is 0. The fourth-order valence-corrected chi connectivity index (χ4v) is 11.5. The summed E-state index contributed by atoms with van der Waals surface area (Å²) in [7, 11) is 1.99. The monoisotopic (exact) mass is 486 g/mol. The Kier molecular flexibility index (Phi) is 5.29. The molecule has 1 heterocycles. The van der Waals surface area contributed by atoms with Gasteiger partial charge in [0.25, 0.3) is 0 Å². The molecule has 0 bridgehead atoms. The second kappa shape index (κ2) is 7.49. The fourth-order valence-electron chi connectivity index (χ4n) is 11.5. The van der Waals surface area contributed by atoms with Crippen LogP contribution in [0.25, 0.3) is 0 Å². The summed E-state index contributed by atoms with van der Waals surface area (Å²) in [6.07, 6.45) is 12.1. The first kappa shape index (κ1) is 24.7.